The number of hydrogen-bond acceptors (Lipinski definition) is 3. The molecule has 2 nitrogen and oxygen atoms in total. The van der Waals surface area contributed by atoms with Crippen molar-refractivity contribution in [2.24, 2.45) is 0 Å². The number of nitrogens with one attached hydrogen (secondary N) is 1. The minimum absolute atomic E-state index is 0.134. The molecule has 8 aromatic carbocycles. The molecule has 0 saturated heterocycles. The summed E-state index contributed by atoms with van der Waals surface area (Å²) in [5.41, 5.74) is 8.38. The van der Waals surface area contributed by atoms with E-state index in [1.165, 1.54) is 65.3 Å². The zero-order valence-corrected chi connectivity index (χ0v) is 25.9. The maximum Gasteiger partial charge on any atom is 0.103 e. The molecule has 1 unspecified atom stereocenters. The van der Waals surface area contributed by atoms with E-state index in [1.807, 2.05) is 11.8 Å². The van der Waals surface area contributed by atoms with Crippen molar-refractivity contribution in [2.45, 2.75) is 10.3 Å². The molecule has 0 saturated carbocycles. The topological polar surface area (TPSA) is 15.3 Å². The van der Waals surface area contributed by atoms with Crippen molar-refractivity contribution in [2.75, 3.05) is 10.2 Å². The van der Waals surface area contributed by atoms with Crippen LogP contribution in [-0.4, -0.2) is 0 Å². The maximum absolute atomic E-state index is 3.93. The first-order chi connectivity index (χ1) is 22.8. The van der Waals surface area contributed by atoms with Crippen molar-refractivity contribution in [1.29, 1.82) is 0 Å². The molecule has 8 aromatic rings. The zero-order chi connectivity index (χ0) is 30.5. The van der Waals surface area contributed by atoms with Crippen LogP contribution in [0.25, 0.3) is 43.4 Å². The summed E-state index contributed by atoms with van der Waals surface area (Å²) in [6.07, 6.45) is 0. The maximum atomic E-state index is 3.93. The first-order valence-electron chi connectivity index (χ1n) is 15.7. The second-order valence-corrected chi connectivity index (χ2v) is 12.9. The number of anilines is 4. The number of thioether (sulfide) groups is 1. The average Bonchev–Trinajstić information content (AvgIpc) is 3.59. The molecule has 1 aliphatic heterocycles. The molecule has 46 heavy (non-hydrogen) atoms. The first kappa shape index (κ1) is 26.9. The molecule has 1 N–H and O–H groups in total. The summed E-state index contributed by atoms with van der Waals surface area (Å²) in [6, 6.07) is 61.4. The Kier molecular flexibility index (Phi) is 6.50. The van der Waals surface area contributed by atoms with Crippen LogP contribution in [0.1, 0.15) is 10.9 Å². The molecular weight excluding hydrogens is 577 g/mol. The number of hydrogen-bond donors (Lipinski definition) is 1. The van der Waals surface area contributed by atoms with E-state index in [1.54, 1.807) is 0 Å². The Morgan fingerprint density at radius 1 is 0.457 bits per heavy atom. The standard InChI is InChI=1S/C43H30N2S/c1-3-13-29(14-4-1)30-25-27-33(28-26-30)45(38-23-11-18-31-15-7-8-19-34(31)38)39-24-12-22-36-35-20-9-10-21-37(35)41-42(40(36)39)46-43(44-41)32-16-5-2-6-17-32/h1-28,43-44H. The lowest BCUT2D eigenvalue weighted by Crippen LogP contribution is -2.11. The van der Waals surface area contributed by atoms with Gasteiger partial charge in [0.05, 0.1) is 17.1 Å². The number of benzene rings is 8. The highest BCUT2D eigenvalue weighted by atomic mass is 32.2. The number of fused-ring (bicyclic) bond motifs is 7. The van der Waals surface area contributed by atoms with Crippen molar-refractivity contribution < 1.29 is 0 Å². The summed E-state index contributed by atoms with van der Waals surface area (Å²) in [5, 5.41) is 11.6. The van der Waals surface area contributed by atoms with E-state index in [9.17, 15) is 0 Å². The number of nitrogens with zero attached hydrogens (tertiary/aromatic N) is 1. The average molecular weight is 607 g/mol. The van der Waals surface area contributed by atoms with Crippen molar-refractivity contribution in [3.63, 3.8) is 0 Å². The summed E-state index contributed by atoms with van der Waals surface area (Å²) in [4.78, 5) is 3.76. The monoisotopic (exact) mass is 606 g/mol. The van der Waals surface area contributed by atoms with E-state index in [0.717, 1.165) is 11.4 Å². The second kappa shape index (κ2) is 11.1. The lowest BCUT2D eigenvalue weighted by molar-refractivity contribution is 1.14. The third-order valence-corrected chi connectivity index (χ3v) is 10.3. The minimum atomic E-state index is 0.134. The minimum Gasteiger partial charge on any atom is -0.368 e. The summed E-state index contributed by atoms with van der Waals surface area (Å²) in [5.74, 6) is 0. The van der Waals surface area contributed by atoms with Crippen molar-refractivity contribution in [3.05, 3.63) is 175 Å². The summed E-state index contributed by atoms with van der Waals surface area (Å²) >= 11 is 1.92. The van der Waals surface area contributed by atoms with Gasteiger partial charge in [-0.2, -0.15) is 0 Å². The Bertz CT molecular complexity index is 2360. The van der Waals surface area contributed by atoms with Crippen molar-refractivity contribution >= 4 is 66.8 Å². The summed E-state index contributed by atoms with van der Waals surface area (Å²) < 4.78 is 0. The molecule has 0 aromatic heterocycles. The largest absolute Gasteiger partial charge is 0.368 e. The predicted molar refractivity (Wildman–Crippen MR) is 198 cm³/mol. The zero-order valence-electron chi connectivity index (χ0n) is 25.1. The van der Waals surface area contributed by atoms with Gasteiger partial charge in [0.1, 0.15) is 5.37 Å². The van der Waals surface area contributed by atoms with Crippen LogP contribution in [0.3, 0.4) is 0 Å². The fourth-order valence-electron chi connectivity index (χ4n) is 6.94. The van der Waals surface area contributed by atoms with Crippen LogP contribution in [0.4, 0.5) is 22.7 Å². The fraction of sp³-hybridized carbons (Fsp3) is 0.0233. The molecule has 3 heteroatoms. The van der Waals surface area contributed by atoms with Crippen LogP contribution in [0.5, 0.6) is 0 Å². The highest BCUT2D eigenvalue weighted by molar-refractivity contribution is 8.00. The highest BCUT2D eigenvalue weighted by Crippen LogP contribution is 2.56. The predicted octanol–water partition coefficient (Wildman–Crippen LogP) is 12.5. The van der Waals surface area contributed by atoms with Gasteiger partial charge >= 0.3 is 0 Å². The summed E-state index contributed by atoms with van der Waals surface area (Å²) in [7, 11) is 0. The molecule has 0 bridgehead atoms. The Hall–Kier alpha value is -5.51. The molecule has 0 radical (unpaired) electrons. The molecule has 0 fully saturated rings. The van der Waals surface area contributed by atoms with Crippen molar-refractivity contribution in [1.82, 2.24) is 0 Å². The van der Waals surface area contributed by atoms with Crippen molar-refractivity contribution in [3.8, 4) is 11.1 Å². The van der Waals surface area contributed by atoms with Gasteiger partial charge < -0.3 is 10.2 Å². The Morgan fingerprint density at radius 3 is 1.85 bits per heavy atom. The third kappa shape index (κ3) is 4.43. The van der Waals surface area contributed by atoms with Crippen LogP contribution in [0.2, 0.25) is 0 Å². The Labute approximate surface area is 272 Å². The second-order valence-electron chi connectivity index (χ2n) is 11.7. The molecular formula is C43H30N2S. The van der Waals surface area contributed by atoms with Gasteiger partial charge in [-0.15, -0.1) is 0 Å². The molecule has 0 spiro atoms. The third-order valence-electron chi connectivity index (χ3n) is 9.08. The lowest BCUT2D eigenvalue weighted by Gasteiger charge is -2.29. The van der Waals surface area contributed by atoms with E-state index in [4.69, 9.17) is 0 Å². The molecule has 1 atom stereocenters. The van der Waals surface area contributed by atoms with Gasteiger partial charge in [0.25, 0.3) is 0 Å². The SMILES string of the molecule is c1ccc(-c2ccc(N(c3cccc4ccccc34)c3cccc4c3c3c(c5ccccc54)NC(c4ccccc4)S3)cc2)cc1. The van der Waals surface area contributed by atoms with E-state index in [2.05, 4.69) is 180 Å². The van der Waals surface area contributed by atoms with Gasteiger partial charge in [0, 0.05) is 26.7 Å². The first-order valence-corrected chi connectivity index (χ1v) is 16.6. The van der Waals surface area contributed by atoms with Crippen LogP contribution >= 0.6 is 11.8 Å². The Morgan fingerprint density at radius 2 is 1.04 bits per heavy atom. The van der Waals surface area contributed by atoms with Gasteiger partial charge in [0.2, 0.25) is 0 Å². The molecule has 9 rings (SSSR count). The molecule has 218 valence electrons. The lowest BCUT2D eigenvalue weighted by atomic mass is 9.97. The highest BCUT2D eigenvalue weighted by Gasteiger charge is 2.30. The number of rotatable bonds is 5. The molecule has 1 aliphatic rings. The van der Waals surface area contributed by atoms with Gasteiger partial charge in [-0.1, -0.05) is 157 Å². The fourth-order valence-corrected chi connectivity index (χ4v) is 8.26. The molecule has 0 amide bonds. The van der Waals surface area contributed by atoms with Gasteiger partial charge in [-0.3, -0.25) is 0 Å². The van der Waals surface area contributed by atoms with Gasteiger partial charge in [-0.25, -0.2) is 0 Å². The van der Waals surface area contributed by atoms with Crippen LogP contribution in [-0.2, 0) is 0 Å². The van der Waals surface area contributed by atoms with E-state index < -0.39 is 0 Å². The van der Waals surface area contributed by atoms with Crippen LogP contribution < -0.4 is 10.2 Å². The van der Waals surface area contributed by atoms with Crippen LogP contribution in [0.15, 0.2) is 175 Å². The van der Waals surface area contributed by atoms with E-state index in [0.29, 0.717) is 0 Å². The summed E-state index contributed by atoms with van der Waals surface area (Å²) in [6.45, 7) is 0. The quantitative estimate of drug-likeness (QED) is 0.196. The van der Waals surface area contributed by atoms with Crippen LogP contribution in [0, 0.1) is 0 Å². The molecule has 1 heterocycles. The molecule has 0 aliphatic carbocycles. The van der Waals surface area contributed by atoms with Gasteiger partial charge in [-0.05, 0) is 57.1 Å². The smallest absolute Gasteiger partial charge is 0.103 e. The van der Waals surface area contributed by atoms with Gasteiger partial charge in [0.15, 0.2) is 0 Å². The van der Waals surface area contributed by atoms with E-state index >= 15 is 0 Å². The Balaban J connectivity index is 1.32. The van der Waals surface area contributed by atoms with E-state index in [-0.39, 0.29) is 5.37 Å². The normalized spacial score (nSPS) is 14.0.